The van der Waals surface area contributed by atoms with Gasteiger partial charge in [0.15, 0.2) is 6.29 Å². The van der Waals surface area contributed by atoms with E-state index in [4.69, 9.17) is 15.2 Å². The average Bonchev–Trinajstić information content (AvgIpc) is 2.44. The van der Waals surface area contributed by atoms with E-state index in [9.17, 15) is 25.5 Å². The maximum Gasteiger partial charge on any atom is 0.187 e. The summed E-state index contributed by atoms with van der Waals surface area (Å²) >= 11 is 0. The highest BCUT2D eigenvalue weighted by atomic mass is 16.7. The topological polar surface area (TPSA) is 146 Å². The minimum Gasteiger partial charge on any atom is -0.388 e. The Morgan fingerprint density at radius 3 is 2.40 bits per heavy atom. The van der Waals surface area contributed by atoms with E-state index in [1.165, 1.54) is 6.08 Å². The van der Waals surface area contributed by atoms with E-state index >= 15 is 0 Å². The molecule has 0 spiro atoms. The van der Waals surface area contributed by atoms with Crippen molar-refractivity contribution in [2.24, 2.45) is 5.73 Å². The summed E-state index contributed by atoms with van der Waals surface area (Å²) in [4.78, 5) is 0. The molecule has 0 radical (unpaired) electrons. The molecule has 0 bridgehead atoms. The summed E-state index contributed by atoms with van der Waals surface area (Å²) in [6.07, 6.45) is -5.92. The standard InChI is InChI=1S/C12H21NO7/c13-4-7-9(16)10(17)11(18)12(20-7)19-6-3-1-2-5(14)8(6)15/h1-2,5-12,14-18H,3-4,13H2/t5-,6+,7-,8-,9-,10+,11-,12+/m1/s1. The molecule has 20 heavy (non-hydrogen) atoms. The molecule has 0 saturated carbocycles. The minimum atomic E-state index is -1.47. The van der Waals surface area contributed by atoms with Crippen molar-refractivity contribution < 1.29 is 35.0 Å². The lowest BCUT2D eigenvalue weighted by atomic mass is 9.97. The van der Waals surface area contributed by atoms with Gasteiger partial charge in [-0.25, -0.2) is 0 Å². The van der Waals surface area contributed by atoms with Crippen LogP contribution in [0, 0.1) is 0 Å². The van der Waals surface area contributed by atoms with Gasteiger partial charge in [-0.15, -0.1) is 0 Å². The average molecular weight is 291 g/mol. The highest BCUT2D eigenvalue weighted by Crippen LogP contribution is 2.25. The summed E-state index contributed by atoms with van der Waals surface area (Å²) in [5, 5.41) is 48.5. The molecule has 1 aliphatic heterocycles. The molecule has 8 nitrogen and oxygen atoms in total. The first-order chi connectivity index (χ1) is 9.45. The van der Waals surface area contributed by atoms with E-state index in [1.54, 1.807) is 6.08 Å². The van der Waals surface area contributed by atoms with Crippen molar-refractivity contribution in [2.45, 2.75) is 55.4 Å². The largest absolute Gasteiger partial charge is 0.388 e. The van der Waals surface area contributed by atoms with Crippen LogP contribution in [0.5, 0.6) is 0 Å². The van der Waals surface area contributed by atoms with Crippen molar-refractivity contribution in [1.82, 2.24) is 0 Å². The molecule has 1 fully saturated rings. The van der Waals surface area contributed by atoms with Crippen molar-refractivity contribution in [3.8, 4) is 0 Å². The minimum absolute atomic E-state index is 0.0550. The first kappa shape index (κ1) is 15.8. The second kappa shape index (κ2) is 6.46. The van der Waals surface area contributed by atoms with Gasteiger partial charge in [-0.2, -0.15) is 0 Å². The summed E-state index contributed by atoms with van der Waals surface area (Å²) in [5.41, 5.74) is 5.41. The highest BCUT2D eigenvalue weighted by Gasteiger charge is 2.45. The van der Waals surface area contributed by atoms with E-state index in [2.05, 4.69) is 0 Å². The van der Waals surface area contributed by atoms with Crippen LogP contribution in [-0.2, 0) is 9.47 Å². The first-order valence-electron chi connectivity index (χ1n) is 6.53. The van der Waals surface area contributed by atoms with Gasteiger partial charge >= 0.3 is 0 Å². The Kier molecular flexibility index (Phi) is 5.10. The molecule has 1 saturated heterocycles. The third-order valence-corrected chi connectivity index (χ3v) is 3.64. The van der Waals surface area contributed by atoms with Crippen LogP contribution in [0.1, 0.15) is 6.42 Å². The molecule has 2 rings (SSSR count). The fourth-order valence-corrected chi connectivity index (χ4v) is 2.36. The van der Waals surface area contributed by atoms with Crippen LogP contribution in [-0.4, -0.2) is 81.1 Å². The predicted molar refractivity (Wildman–Crippen MR) is 66.4 cm³/mol. The lowest BCUT2D eigenvalue weighted by Crippen LogP contribution is -2.61. The Balaban J connectivity index is 2.02. The normalized spacial score (nSPS) is 49.3. The number of hydrogen-bond acceptors (Lipinski definition) is 8. The number of aliphatic hydroxyl groups is 5. The smallest absolute Gasteiger partial charge is 0.187 e. The van der Waals surface area contributed by atoms with Gasteiger partial charge in [0, 0.05) is 6.54 Å². The van der Waals surface area contributed by atoms with Gasteiger partial charge in [0.2, 0.25) is 0 Å². The van der Waals surface area contributed by atoms with Gasteiger partial charge in [0.1, 0.15) is 36.6 Å². The zero-order chi connectivity index (χ0) is 14.9. The Bertz CT molecular complexity index is 351. The Hall–Kier alpha value is -0.580. The maximum atomic E-state index is 9.84. The number of aliphatic hydroxyl groups excluding tert-OH is 5. The fraction of sp³-hybridized carbons (Fsp3) is 0.833. The quantitative estimate of drug-likeness (QED) is 0.298. The van der Waals surface area contributed by atoms with Crippen LogP contribution in [0.15, 0.2) is 12.2 Å². The van der Waals surface area contributed by atoms with Crippen LogP contribution in [0.25, 0.3) is 0 Å². The van der Waals surface area contributed by atoms with Gasteiger partial charge in [0.05, 0.1) is 6.10 Å². The van der Waals surface area contributed by atoms with E-state index < -0.39 is 49.0 Å². The number of ether oxygens (including phenoxy) is 2. The van der Waals surface area contributed by atoms with Gasteiger partial charge < -0.3 is 40.7 Å². The van der Waals surface area contributed by atoms with Crippen molar-refractivity contribution in [3.05, 3.63) is 12.2 Å². The van der Waals surface area contributed by atoms with E-state index in [-0.39, 0.29) is 6.54 Å². The zero-order valence-electron chi connectivity index (χ0n) is 10.8. The fourth-order valence-electron chi connectivity index (χ4n) is 2.36. The third kappa shape index (κ3) is 3.02. The van der Waals surface area contributed by atoms with Crippen LogP contribution in [0.4, 0.5) is 0 Å². The molecule has 1 aliphatic carbocycles. The molecule has 8 atom stereocenters. The summed E-state index contributed by atoms with van der Waals surface area (Å²) < 4.78 is 10.7. The summed E-state index contributed by atoms with van der Waals surface area (Å²) in [6.45, 7) is -0.0550. The third-order valence-electron chi connectivity index (χ3n) is 3.64. The van der Waals surface area contributed by atoms with Crippen molar-refractivity contribution in [2.75, 3.05) is 6.54 Å². The monoisotopic (exact) mass is 291 g/mol. The number of hydrogen-bond donors (Lipinski definition) is 6. The van der Waals surface area contributed by atoms with Crippen LogP contribution in [0.3, 0.4) is 0 Å². The maximum absolute atomic E-state index is 9.84. The second-order valence-electron chi connectivity index (χ2n) is 5.07. The van der Waals surface area contributed by atoms with Crippen molar-refractivity contribution in [3.63, 3.8) is 0 Å². The summed E-state index contributed by atoms with van der Waals surface area (Å²) in [5.74, 6) is 0. The van der Waals surface area contributed by atoms with Crippen LogP contribution >= 0.6 is 0 Å². The van der Waals surface area contributed by atoms with Gasteiger partial charge in [-0.3, -0.25) is 0 Å². The molecular weight excluding hydrogens is 270 g/mol. The molecule has 2 aliphatic rings. The molecule has 0 amide bonds. The molecular formula is C12H21NO7. The second-order valence-corrected chi connectivity index (χ2v) is 5.07. The molecule has 116 valence electrons. The number of rotatable bonds is 3. The highest BCUT2D eigenvalue weighted by molar-refractivity contribution is 5.03. The zero-order valence-corrected chi connectivity index (χ0v) is 10.8. The molecule has 7 N–H and O–H groups in total. The molecule has 0 aromatic carbocycles. The summed E-state index contributed by atoms with van der Waals surface area (Å²) in [7, 11) is 0. The van der Waals surface area contributed by atoms with Gasteiger partial charge in [0.25, 0.3) is 0 Å². The van der Waals surface area contributed by atoms with Gasteiger partial charge in [-0.05, 0) is 6.42 Å². The van der Waals surface area contributed by atoms with E-state index in [0.717, 1.165) is 0 Å². The predicted octanol–water partition coefficient (Wildman–Crippen LogP) is -3.18. The lowest BCUT2D eigenvalue weighted by molar-refractivity contribution is -0.313. The molecule has 8 heteroatoms. The van der Waals surface area contributed by atoms with Crippen molar-refractivity contribution >= 4 is 0 Å². The molecule has 1 heterocycles. The summed E-state index contributed by atoms with van der Waals surface area (Å²) in [6, 6.07) is 0. The van der Waals surface area contributed by atoms with Crippen molar-refractivity contribution in [1.29, 1.82) is 0 Å². The lowest BCUT2D eigenvalue weighted by Gasteiger charge is -2.42. The Morgan fingerprint density at radius 1 is 1.05 bits per heavy atom. The van der Waals surface area contributed by atoms with Crippen LogP contribution < -0.4 is 5.73 Å². The van der Waals surface area contributed by atoms with Gasteiger partial charge in [-0.1, -0.05) is 12.2 Å². The van der Waals surface area contributed by atoms with Crippen LogP contribution in [0.2, 0.25) is 0 Å². The number of nitrogens with two attached hydrogens (primary N) is 1. The van der Waals surface area contributed by atoms with E-state index in [1.807, 2.05) is 0 Å². The molecule has 0 unspecified atom stereocenters. The molecule has 0 aromatic rings. The SMILES string of the molecule is NC[C@H]1O[C@H](O[C@H]2CC=C[C@@H](O)[C@H]2O)[C@H](O)[C@@H](O)[C@@H]1O. The Morgan fingerprint density at radius 2 is 1.75 bits per heavy atom. The Labute approximate surface area is 116 Å². The molecule has 0 aromatic heterocycles. The first-order valence-corrected chi connectivity index (χ1v) is 6.53. The van der Waals surface area contributed by atoms with E-state index in [0.29, 0.717) is 6.42 Å².